The standard InChI is InChI=1S/C30H48O2/c1-18-16-26(2,3)17-20-19(18)11-14-29(7)21(20)9-10-22-28(6)13-12-24(31)27(4,5)23(28)15-25(32)30(22,29)8/h9-10,18-20,23-25,31-32H,11-17H2,1-8H3. The fourth-order valence-electron chi connectivity index (χ4n) is 10.3. The molecule has 2 nitrogen and oxygen atoms in total. The van der Waals surface area contributed by atoms with Gasteiger partial charge >= 0.3 is 0 Å². The maximum atomic E-state index is 11.9. The summed E-state index contributed by atoms with van der Waals surface area (Å²) in [6.45, 7) is 19.3. The Balaban J connectivity index is 1.65. The fourth-order valence-corrected chi connectivity index (χ4v) is 10.3. The summed E-state index contributed by atoms with van der Waals surface area (Å²) in [4.78, 5) is 0. The summed E-state index contributed by atoms with van der Waals surface area (Å²) in [5.74, 6) is 2.56. The van der Waals surface area contributed by atoms with Crippen molar-refractivity contribution in [3.05, 3.63) is 23.3 Å². The van der Waals surface area contributed by atoms with E-state index in [1.54, 1.807) is 5.57 Å². The van der Waals surface area contributed by atoms with Crippen LogP contribution < -0.4 is 0 Å². The monoisotopic (exact) mass is 440 g/mol. The number of allylic oxidation sites excluding steroid dienone is 3. The predicted octanol–water partition coefficient (Wildman–Crippen LogP) is 6.92. The van der Waals surface area contributed by atoms with Crippen molar-refractivity contribution in [2.45, 2.75) is 113 Å². The zero-order valence-corrected chi connectivity index (χ0v) is 22.0. The molecule has 0 amide bonds. The highest BCUT2D eigenvalue weighted by Gasteiger charge is 2.67. The van der Waals surface area contributed by atoms with E-state index in [4.69, 9.17) is 0 Å². The summed E-state index contributed by atoms with van der Waals surface area (Å²) >= 11 is 0. The molecule has 0 aromatic heterocycles. The SMILES string of the molecule is CC1CC(C)(C)CC2C3=CC=C4C5(C)CCC(O)C(C)(C)C5CC(O)C4(C)C3(C)CCC12. The molecule has 180 valence electrons. The van der Waals surface area contributed by atoms with Gasteiger partial charge < -0.3 is 10.2 Å². The Morgan fingerprint density at radius 3 is 2.22 bits per heavy atom. The van der Waals surface area contributed by atoms with Crippen molar-refractivity contribution in [2.75, 3.05) is 0 Å². The lowest BCUT2D eigenvalue weighted by molar-refractivity contribution is -0.164. The van der Waals surface area contributed by atoms with Gasteiger partial charge in [-0.2, -0.15) is 0 Å². The molecular formula is C30H48O2. The van der Waals surface area contributed by atoms with Crippen molar-refractivity contribution in [1.82, 2.24) is 0 Å². The van der Waals surface area contributed by atoms with Crippen LogP contribution in [-0.4, -0.2) is 22.4 Å². The fraction of sp³-hybridized carbons (Fsp3) is 0.867. The van der Waals surface area contributed by atoms with Crippen LogP contribution in [0.2, 0.25) is 0 Å². The topological polar surface area (TPSA) is 40.5 Å². The smallest absolute Gasteiger partial charge is 0.0642 e. The lowest BCUT2D eigenvalue weighted by Gasteiger charge is -2.69. The van der Waals surface area contributed by atoms with Crippen molar-refractivity contribution in [3.63, 3.8) is 0 Å². The van der Waals surface area contributed by atoms with Crippen LogP contribution >= 0.6 is 0 Å². The minimum Gasteiger partial charge on any atom is -0.393 e. The summed E-state index contributed by atoms with van der Waals surface area (Å²) in [6, 6.07) is 0. The van der Waals surface area contributed by atoms with Gasteiger partial charge in [-0.15, -0.1) is 0 Å². The molecule has 0 saturated heterocycles. The Morgan fingerprint density at radius 1 is 0.844 bits per heavy atom. The van der Waals surface area contributed by atoms with Crippen molar-refractivity contribution >= 4 is 0 Å². The van der Waals surface area contributed by atoms with Crippen LogP contribution in [0.5, 0.6) is 0 Å². The first-order chi connectivity index (χ1) is 14.7. The summed E-state index contributed by atoms with van der Waals surface area (Å²) in [7, 11) is 0. The molecular weight excluding hydrogens is 392 g/mol. The van der Waals surface area contributed by atoms with Crippen molar-refractivity contribution in [1.29, 1.82) is 0 Å². The number of rotatable bonds is 0. The van der Waals surface area contributed by atoms with E-state index in [1.165, 1.54) is 31.3 Å². The van der Waals surface area contributed by atoms with Crippen molar-refractivity contribution in [2.24, 2.45) is 50.7 Å². The summed E-state index contributed by atoms with van der Waals surface area (Å²) < 4.78 is 0. The van der Waals surface area contributed by atoms with Crippen molar-refractivity contribution in [3.8, 4) is 0 Å². The van der Waals surface area contributed by atoms with Gasteiger partial charge in [-0.25, -0.2) is 0 Å². The van der Waals surface area contributed by atoms with Crippen LogP contribution in [0.15, 0.2) is 23.3 Å². The van der Waals surface area contributed by atoms with Gasteiger partial charge in [0.1, 0.15) is 0 Å². The number of hydrogen-bond donors (Lipinski definition) is 2. The van der Waals surface area contributed by atoms with Gasteiger partial charge in [0.25, 0.3) is 0 Å². The van der Waals surface area contributed by atoms with E-state index in [2.05, 4.69) is 67.5 Å². The first kappa shape index (κ1) is 23.2. The lowest BCUT2D eigenvalue weighted by atomic mass is 9.36. The molecule has 0 spiro atoms. The highest BCUT2D eigenvalue weighted by molar-refractivity contribution is 5.46. The van der Waals surface area contributed by atoms with E-state index in [9.17, 15) is 10.2 Å². The van der Waals surface area contributed by atoms with E-state index in [1.807, 2.05) is 0 Å². The largest absolute Gasteiger partial charge is 0.393 e. The van der Waals surface area contributed by atoms with Crippen LogP contribution in [0.1, 0.15) is 100 Å². The van der Waals surface area contributed by atoms with E-state index in [0.717, 1.165) is 31.1 Å². The first-order valence-electron chi connectivity index (χ1n) is 13.5. The van der Waals surface area contributed by atoms with Crippen molar-refractivity contribution < 1.29 is 10.2 Å². The van der Waals surface area contributed by atoms with Crippen LogP contribution in [-0.2, 0) is 0 Å². The van der Waals surface area contributed by atoms with Gasteiger partial charge in [0.15, 0.2) is 0 Å². The highest BCUT2D eigenvalue weighted by Crippen LogP contribution is 2.73. The average Bonchev–Trinajstić information content (AvgIpc) is 2.67. The summed E-state index contributed by atoms with van der Waals surface area (Å²) in [5, 5.41) is 22.8. The second-order valence-electron chi connectivity index (χ2n) is 14.7. The van der Waals surface area contributed by atoms with Crippen LogP contribution in [0.25, 0.3) is 0 Å². The average molecular weight is 441 g/mol. The molecule has 5 aliphatic rings. The molecule has 4 saturated carbocycles. The minimum absolute atomic E-state index is 0.0268. The van der Waals surface area contributed by atoms with E-state index in [-0.39, 0.29) is 33.9 Å². The third-order valence-corrected chi connectivity index (χ3v) is 12.2. The zero-order valence-electron chi connectivity index (χ0n) is 22.0. The molecule has 0 aromatic carbocycles. The van der Waals surface area contributed by atoms with E-state index in [0.29, 0.717) is 17.3 Å². The predicted molar refractivity (Wildman–Crippen MR) is 132 cm³/mol. The maximum absolute atomic E-state index is 11.9. The molecule has 0 aliphatic heterocycles. The third-order valence-electron chi connectivity index (χ3n) is 12.2. The molecule has 2 heteroatoms. The van der Waals surface area contributed by atoms with E-state index >= 15 is 0 Å². The van der Waals surface area contributed by atoms with Crippen LogP contribution in [0.4, 0.5) is 0 Å². The molecule has 4 fully saturated rings. The normalized spacial score (nSPS) is 53.7. The van der Waals surface area contributed by atoms with Gasteiger partial charge in [-0.05, 0) is 84.9 Å². The molecule has 9 unspecified atom stereocenters. The molecule has 32 heavy (non-hydrogen) atoms. The van der Waals surface area contributed by atoms with E-state index < -0.39 is 0 Å². The number of hydrogen-bond acceptors (Lipinski definition) is 2. The second-order valence-corrected chi connectivity index (χ2v) is 14.7. The Labute approximate surface area is 197 Å². The molecule has 0 heterocycles. The Kier molecular flexibility index (Phi) is 4.88. The molecule has 0 aromatic rings. The van der Waals surface area contributed by atoms with Gasteiger partial charge in [-0.3, -0.25) is 0 Å². The van der Waals surface area contributed by atoms with Gasteiger partial charge in [-0.1, -0.05) is 78.7 Å². The highest BCUT2D eigenvalue weighted by atomic mass is 16.3. The number of fused-ring (bicyclic) bond motifs is 7. The Morgan fingerprint density at radius 2 is 1.53 bits per heavy atom. The molecule has 9 atom stereocenters. The van der Waals surface area contributed by atoms with Gasteiger partial charge in [0, 0.05) is 10.8 Å². The van der Waals surface area contributed by atoms with Gasteiger partial charge in [0.2, 0.25) is 0 Å². The Hall–Kier alpha value is -0.600. The summed E-state index contributed by atoms with van der Waals surface area (Å²) in [6.07, 6.45) is 12.2. The molecule has 5 rings (SSSR count). The lowest BCUT2D eigenvalue weighted by Crippen LogP contribution is -2.64. The van der Waals surface area contributed by atoms with Gasteiger partial charge in [0.05, 0.1) is 12.2 Å². The molecule has 0 radical (unpaired) electrons. The second kappa shape index (κ2) is 6.75. The summed E-state index contributed by atoms with van der Waals surface area (Å²) in [5.41, 5.74) is 3.24. The van der Waals surface area contributed by atoms with Crippen LogP contribution in [0, 0.1) is 50.7 Å². The quantitative estimate of drug-likeness (QED) is 0.429. The number of aliphatic hydroxyl groups is 2. The molecule has 0 bridgehead atoms. The third kappa shape index (κ3) is 2.72. The first-order valence-corrected chi connectivity index (χ1v) is 13.5. The molecule has 5 aliphatic carbocycles. The minimum atomic E-state index is -0.351. The van der Waals surface area contributed by atoms with Crippen LogP contribution in [0.3, 0.4) is 0 Å². The zero-order chi connectivity index (χ0) is 23.5. The maximum Gasteiger partial charge on any atom is 0.0642 e. The number of aliphatic hydroxyl groups excluding tert-OH is 2. The Bertz CT molecular complexity index is 864. The molecule has 2 N–H and O–H groups in total.